The van der Waals surface area contributed by atoms with Crippen LogP contribution in [0.25, 0.3) is 0 Å². The Kier molecular flexibility index (Phi) is 5.65. The van der Waals surface area contributed by atoms with E-state index in [9.17, 15) is 22.4 Å². The maximum Gasteiger partial charge on any atom is 0.419 e. The van der Waals surface area contributed by atoms with Crippen molar-refractivity contribution in [3.8, 4) is 0 Å². The van der Waals surface area contributed by atoms with Crippen LogP contribution in [0.3, 0.4) is 0 Å². The Hall–Kier alpha value is -0.890. The van der Waals surface area contributed by atoms with Crippen molar-refractivity contribution in [1.29, 1.82) is 0 Å². The molecule has 1 unspecified atom stereocenters. The van der Waals surface area contributed by atoms with Gasteiger partial charge >= 0.3 is 6.18 Å². The summed E-state index contributed by atoms with van der Waals surface area (Å²) in [5, 5.41) is -0.415. The van der Waals surface area contributed by atoms with Gasteiger partial charge in [0.05, 0.1) is 11.3 Å². The normalized spacial score (nSPS) is 19.0. The lowest BCUT2D eigenvalue weighted by Gasteiger charge is -2.24. The van der Waals surface area contributed by atoms with E-state index in [-0.39, 0.29) is 11.7 Å². The Morgan fingerprint density at radius 2 is 2.14 bits per heavy atom. The molecule has 1 fully saturated rings. The van der Waals surface area contributed by atoms with Crippen LogP contribution in [0, 0.1) is 5.82 Å². The number of rotatable bonds is 5. The van der Waals surface area contributed by atoms with Gasteiger partial charge in [0, 0.05) is 12.3 Å². The van der Waals surface area contributed by atoms with Gasteiger partial charge in [0.25, 0.3) is 0 Å². The highest BCUT2D eigenvalue weighted by atomic mass is 32.2. The maximum atomic E-state index is 13.7. The second kappa shape index (κ2) is 7.12. The minimum atomic E-state index is -4.71. The molecule has 0 radical (unpaired) electrons. The van der Waals surface area contributed by atoms with Crippen molar-refractivity contribution in [2.45, 2.75) is 18.5 Å². The molecule has 1 atom stereocenters. The molecule has 0 aliphatic carbocycles. The Morgan fingerprint density at radius 3 is 2.73 bits per heavy atom. The van der Waals surface area contributed by atoms with Crippen LogP contribution in [-0.4, -0.2) is 34.6 Å². The first-order valence-electron chi connectivity index (χ1n) is 6.70. The van der Waals surface area contributed by atoms with Crippen LogP contribution < -0.4 is 0 Å². The molecule has 1 saturated heterocycles. The van der Waals surface area contributed by atoms with E-state index >= 15 is 0 Å². The molecule has 0 bridgehead atoms. The molecule has 0 spiro atoms. The Bertz CT molecular complexity index is 550. The van der Waals surface area contributed by atoms with Crippen LogP contribution in [-0.2, 0) is 11.0 Å². The largest absolute Gasteiger partial charge is 0.419 e. The number of alkyl halides is 3. The first-order chi connectivity index (χ1) is 10.3. The third-order valence-electron chi connectivity index (χ3n) is 3.23. The highest BCUT2D eigenvalue weighted by Gasteiger charge is 2.36. The smallest absolute Gasteiger partial charge is 0.325 e. The number of carbonyl (C=O) groups excluding carboxylic acids is 1. The monoisotopic (exact) mass is 353 g/mol. The fraction of sp³-hybridized carbons (Fsp3) is 0.500. The van der Waals surface area contributed by atoms with Crippen LogP contribution in [0.15, 0.2) is 18.2 Å². The molecule has 0 aromatic heterocycles. The van der Waals surface area contributed by atoms with Gasteiger partial charge in [-0.15, -0.1) is 11.8 Å². The van der Waals surface area contributed by atoms with Crippen LogP contribution in [0.4, 0.5) is 17.6 Å². The zero-order valence-electron chi connectivity index (χ0n) is 11.8. The summed E-state index contributed by atoms with van der Waals surface area (Å²) >= 11 is 2.99. The fourth-order valence-corrected chi connectivity index (χ4v) is 4.02. The molecular weight excluding hydrogens is 338 g/mol. The molecule has 1 aliphatic heterocycles. The predicted molar refractivity (Wildman–Crippen MR) is 81.3 cm³/mol. The van der Waals surface area contributed by atoms with E-state index in [4.69, 9.17) is 0 Å². The molecule has 2 nitrogen and oxygen atoms in total. The van der Waals surface area contributed by atoms with Crippen molar-refractivity contribution < 1.29 is 22.4 Å². The van der Waals surface area contributed by atoms with Gasteiger partial charge in [0.1, 0.15) is 11.2 Å². The number of halogens is 4. The van der Waals surface area contributed by atoms with E-state index in [1.165, 1.54) is 17.8 Å². The van der Waals surface area contributed by atoms with Gasteiger partial charge in [-0.2, -0.15) is 24.9 Å². The van der Waals surface area contributed by atoms with Gasteiger partial charge in [-0.05, 0) is 23.4 Å². The van der Waals surface area contributed by atoms with E-state index in [1.54, 1.807) is 16.7 Å². The second-order valence-corrected chi connectivity index (χ2v) is 7.15. The number of hydrogen-bond donors (Lipinski definition) is 0. The molecule has 122 valence electrons. The van der Waals surface area contributed by atoms with Crippen LogP contribution in [0.2, 0.25) is 0 Å². The summed E-state index contributed by atoms with van der Waals surface area (Å²) < 4.78 is 51.5. The average molecular weight is 353 g/mol. The van der Waals surface area contributed by atoms with E-state index in [0.717, 1.165) is 23.6 Å². The standard InChI is InChI=1S/C14H15F4NOS2/c1-2-21-6-5-19-12(20)8-22-13(19)9-3-4-10(11(15)7-9)14(16,17)18/h3-4,7,13H,2,5-6,8H2,1H3. The Labute approximate surface area is 134 Å². The molecule has 0 N–H and O–H groups in total. The summed E-state index contributed by atoms with van der Waals surface area (Å²) in [6, 6.07) is 2.88. The number of amides is 1. The fourth-order valence-electron chi connectivity index (χ4n) is 2.19. The maximum absolute atomic E-state index is 13.7. The SMILES string of the molecule is CCSCCN1C(=O)CSC1c1ccc(C(F)(F)F)c(F)c1. The molecular formula is C14H15F4NOS2. The second-order valence-electron chi connectivity index (χ2n) is 4.68. The van der Waals surface area contributed by atoms with Crippen molar-refractivity contribution in [1.82, 2.24) is 4.90 Å². The summed E-state index contributed by atoms with van der Waals surface area (Å²) in [5.74, 6) is 0.584. The van der Waals surface area contributed by atoms with Gasteiger partial charge in [-0.1, -0.05) is 13.0 Å². The molecule has 1 aromatic carbocycles. The first-order valence-corrected chi connectivity index (χ1v) is 8.90. The molecule has 2 rings (SSSR count). The molecule has 0 saturated carbocycles. The number of hydrogen-bond acceptors (Lipinski definition) is 3. The van der Waals surface area contributed by atoms with E-state index in [0.29, 0.717) is 12.1 Å². The van der Waals surface area contributed by atoms with Crippen molar-refractivity contribution in [3.63, 3.8) is 0 Å². The summed E-state index contributed by atoms with van der Waals surface area (Å²) in [4.78, 5) is 13.5. The van der Waals surface area contributed by atoms with Crippen LogP contribution >= 0.6 is 23.5 Å². The highest BCUT2D eigenvalue weighted by Crippen LogP contribution is 2.40. The number of carbonyl (C=O) groups is 1. The molecule has 1 aromatic rings. The lowest BCUT2D eigenvalue weighted by atomic mass is 10.1. The Balaban J connectivity index is 2.19. The minimum Gasteiger partial charge on any atom is -0.325 e. The zero-order chi connectivity index (χ0) is 16.3. The first kappa shape index (κ1) is 17.5. The summed E-state index contributed by atoms with van der Waals surface area (Å²) in [7, 11) is 0. The summed E-state index contributed by atoms with van der Waals surface area (Å²) in [6.07, 6.45) is -4.71. The predicted octanol–water partition coefficient (Wildman–Crippen LogP) is 4.17. The zero-order valence-corrected chi connectivity index (χ0v) is 13.5. The minimum absolute atomic E-state index is 0.0630. The van der Waals surface area contributed by atoms with Crippen LogP contribution in [0.1, 0.15) is 23.4 Å². The summed E-state index contributed by atoms with van der Waals surface area (Å²) in [5.41, 5.74) is -0.887. The van der Waals surface area contributed by atoms with Crippen molar-refractivity contribution in [3.05, 3.63) is 35.1 Å². The van der Waals surface area contributed by atoms with E-state index in [2.05, 4.69) is 0 Å². The lowest BCUT2D eigenvalue weighted by molar-refractivity contribution is -0.140. The van der Waals surface area contributed by atoms with Crippen molar-refractivity contribution >= 4 is 29.4 Å². The van der Waals surface area contributed by atoms with E-state index in [1.807, 2.05) is 6.92 Å². The molecule has 1 aliphatic rings. The topological polar surface area (TPSA) is 20.3 Å². The molecule has 8 heteroatoms. The van der Waals surface area contributed by atoms with Crippen molar-refractivity contribution in [2.75, 3.05) is 23.8 Å². The number of thioether (sulfide) groups is 2. The third-order valence-corrected chi connectivity index (χ3v) is 5.37. The number of benzene rings is 1. The lowest BCUT2D eigenvalue weighted by Crippen LogP contribution is -2.30. The highest BCUT2D eigenvalue weighted by molar-refractivity contribution is 8.00. The van der Waals surface area contributed by atoms with Gasteiger partial charge in [-0.25, -0.2) is 4.39 Å². The van der Waals surface area contributed by atoms with Gasteiger partial charge in [0.15, 0.2) is 0 Å². The molecule has 1 amide bonds. The summed E-state index contributed by atoms with van der Waals surface area (Å²) in [6.45, 7) is 2.52. The average Bonchev–Trinajstić information content (AvgIpc) is 2.79. The quantitative estimate of drug-likeness (QED) is 0.585. The van der Waals surface area contributed by atoms with Crippen LogP contribution in [0.5, 0.6) is 0 Å². The third kappa shape index (κ3) is 3.90. The number of nitrogens with zero attached hydrogens (tertiary/aromatic N) is 1. The van der Waals surface area contributed by atoms with Crippen molar-refractivity contribution in [2.24, 2.45) is 0 Å². The Morgan fingerprint density at radius 1 is 1.41 bits per heavy atom. The van der Waals surface area contributed by atoms with Gasteiger partial charge < -0.3 is 4.90 Å². The van der Waals surface area contributed by atoms with Gasteiger partial charge in [-0.3, -0.25) is 4.79 Å². The molecule has 22 heavy (non-hydrogen) atoms. The van der Waals surface area contributed by atoms with Gasteiger partial charge in [0.2, 0.25) is 5.91 Å². The molecule has 1 heterocycles. The van der Waals surface area contributed by atoms with E-state index < -0.39 is 22.9 Å².